The summed E-state index contributed by atoms with van der Waals surface area (Å²) >= 11 is 1.25. The van der Waals surface area contributed by atoms with Crippen molar-refractivity contribution >= 4 is 28.7 Å². The van der Waals surface area contributed by atoms with E-state index in [-0.39, 0.29) is 22.8 Å². The summed E-state index contributed by atoms with van der Waals surface area (Å²) in [5.74, 6) is 1.48. The number of rotatable bonds is 4. The number of nitrogens with zero attached hydrogens (tertiary/aromatic N) is 4. The zero-order chi connectivity index (χ0) is 24.0. The zero-order valence-electron chi connectivity index (χ0n) is 20.4. The number of aryl methyl sites for hydroxylation is 1. The molecule has 1 fully saturated rings. The molecule has 2 aromatic rings. The Morgan fingerprint density at radius 3 is 2.41 bits per heavy atom. The third kappa shape index (κ3) is 4.63. The topological polar surface area (TPSA) is 98.9 Å². The maximum absolute atomic E-state index is 13.0. The molecule has 1 aliphatic carbocycles. The Morgan fingerprint density at radius 1 is 1.12 bits per heavy atom. The highest BCUT2D eigenvalue weighted by molar-refractivity contribution is 8.00. The van der Waals surface area contributed by atoms with Crippen LogP contribution in [-0.4, -0.2) is 36.3 Å². The Hall–Kier alpha value is -2.16. The number of thioether (sulfide) groups is 1. The predicted octanol–water partition coefficient (Wildman–Crippen LogP) is 2.75. The highest BCUT2D eigenvalue weighted by Gasteiger charge is 2.30. The molecular weight excluding hydrogens is 426 g/mol. The lowest BCUT2D eigenvalue weighted by Gasteiger charge is -2.35. The molecule has 0 radical (unpaired) electrons. The van der Waals surface area contributed by atoms with E-state index in [1.54, 1.807) is 7.05 Å². The van der Waals surface area contributed by atoms with Gasteiger partial charge >= 0.3 is 5.69 Å². The van der Waals surface area contributed by atoms with Crippen LogP contribution in [0.25, 0.3) is 11.0 Å². The molecule has 2 heterocycles. The summed E-state index contributed by atoms with van der Waals surface area (Å²) in [4.78, 5) is 47.8. The Balaban J connectivity index is 2.01. The molecule has 0 aliphatic heterocycles. The first-order valence-electron chi connectivity index (χ1n) is 11.3. The van der Waals surface area contributed by atoms with Crippen LogP contribution in [-0.2, 0) is 24.3 Å². The summed E-state index contributed by atoms with van der Waals surface area (Å²) < 4.78 is 2.43. The first kappa shape index (κ1) is 24.5. The van der Waals surface area contributed by atoms with Gasteiger partial charge in [0.15, 0.2) is 5.65 Å². The van der Waals surface area contributed by atoms with E-state index in [9.17, 15) is 14.4 Å². The summed E-state index contributed by atoms with van der Waals surface area (Å²) in [6, 6.07) is 0.162. The van der Waals surface area contributed by atoms with Crippen molar-refractivity contribution in [1.82, 2.24) is 24.4 Å². The smallest absolute Gasteiger partial charge is 0.332 e. The van der Waals surface area contributed by atoms with Crippen LogP contribution in [0.1, 0.15) is 66.6 Å². The zero-order valence-corrected chi connectivity index (χ0v) is 21.2. The van der Waals surface area contributed by atoms with E-state index in [1.165, 1.54) is 29.8 Å². The summed E-state index contributed by atoms with van der Waals surface area (Å²) in [7, 11) is 3.04. The van der Waals surface area contributed by atoms with Crippen LogP contribution in [0.15, 0.2) is 14.6 Å². The number of amides is 1. The molecule has 8 nitrogen and oxygen atoms in total. The Morgan fingerprint density at radius 2 is 1.78 bits per heavy atom. The van der Waals surface area contributed by atoms with Gasteiger partial charge in [-0.1, -0.05) is 59.2 Å². The highest BCUT2D eigenvalue weighted by atomic mass is 32.2. The van der Waals surface area contributed by atoms with Crippen LogP contribution in [0.4, 0.5) is 0 Å². The van der Waals surface area contributed by atoms with Gasteiger partial charge < -0.3 is 5.32 Å². The maximum atomic E-state index is 13.0. The number of aromatic nitrogens is 4. The van der Waals surface area contributed by atoms with Crippen LogP contribution < -0.4 is 16.6 Å². The molecule has 1 saturated carbocycles. The van der Waals surface area contributed by atoms with Crippen molar-refractivity contribution in [3.8, 4) is 0 Å². The second kappa shape index (κ2) is 9.00. The average molecular weight is 462 g/mol. The summed E-state index contributed by atoms with van der Waals surface area (Å²) in [5.41, 5.74) is -0.987. The van der Waals surface area contributed by atoms with Crippen molar-refractivity contribution in [2.45, 2.75) is 82.5 Å². The van der Waals surface area contributed by atoms with E-state index in [0.29, 0.717) is 28.3 Å². The van der Waals surface area contributed by atoms with Gasteiger partial charge in [-0.2, -0.15) is 0 Å². The largest absolute Gasteiger partial charge is 0.352 e. The van der Waals surface area contributed by atoms with Gasteiger partial charge in [0.25, 0.3) is 5.56 Å². The van der Waals surface area contributed by atoms with Crippen LogP contribution in [0.2, 0.25) is 0 Å². The molecule has 2 aromatic heterocycles. The molecule has 1 N–H and O–H groups in total. The molecule has 32 heavy (non-hydrogen) atoms. The van der Waals surface area contributed by atoms with Crippen LogP contribution in [0, 0.1) is 11.8 Å². The van der Waals surface area contributed by atoms with Gasteiger partial charge in [-0.05, 0) is 25.2 Å². The summed E-state index contributed by atoms with van der Waals surface area (Å²) in [6.45, 7) is 12.2. The molecule has 0 unspecified atom stereocenters. The third-order valence-electron chi connectivity index (χ3n) is 6.63. The van der Waals surface area contributed by atoms with Gasteiger partial charge in [0.1, 0.15) is 16.2 Å². The molecular formula is C23H35N5O3S. The molecule has 176 valence electrons. The molecule has 9 heteroatoms. The molecule has 3 rings (SSSR count). The first-order chi connectivity index (χ1) is 14.8. The SMILES string of the molecule is C[C@H]1[C@H](C)CCC[C@H]1NC(=O)[C@H](C)Sc1nc(C(C)(C)C)nc2c1c(=O)n(C)c(=O)n2C. The second-order valence-electron chi connectivity index (χ2n) is 10.1. The fourth-order valence-corrected chi connectivity index (χ4v) is 5.10. The molecule has 0 saturated heterocycles. The third-order valence-corrected chi connectivity index (χ3v) is 7.72. The van der Waals surface area contributed by atoms with Gasteiger partial charge in [-0.15, -0.1) is 0 Å². The molecule has 0 spiro atoms. The molecule has 0 aromatic carbocycles. The number of hydrogen-bond acceptors (Lipinski definition) is 6. The van der Waals surface area contributed by atoms with Gasteiger partial charge in [-0.3, -0.25) is 18.7 Å². The normalized spacial score (nSPS) is 22.7. The fraction of sp³-hybridized carbons (Fsp3) is 0.696. The van der Waals surface area contributed by atoms with Gasteiger partial charge in [0.05, 0.1) is 5.25 Å². The number of carbonyl (C=O) groups is 1. The molecule has 1 aliphatic rings. The number of carbonyl (C=O) groups excluding carboxylic acids is 1. The highest BCUT2D eigenvalue weighted by Crippen LogP contribution is 2.32. The number of fused-ring (bicyclic) bond motifs is 1. The lowest BCUT2D eigenvalue weighted by Crippen LogP contribution is -2.46. The second-order valence-corrected chi connectivity index (χ2v) is 11.5. The van der Waals surface area contributed by atoms with Crippen molar-refractivity contribution in [2.24, 2.45) is 25.9 Å². The minimum absolute atomic E-state index is 0.0633. The Kier molecular flexibility index (Phi) is 6.88. The van der Waals surface area contributed by atoms with E-state index in [1.807, 2.05) is 27.7 Å². The lowest BCUT2D eigenvalue weighted by molar-refractivity contribution is -0.121. The van der Waals surface area contributed by atoms with Gasteiger partial charge in [-0.25, -0.2) is 14.8 Å². The minimum Gasteiger partial charge on any atom is -0.352 e. The van der Waals surface area contributed by atoms with Crippen LogP contribution in [0.3, 0.4) is 0 Å². The Bertz CT molecular complexity index is 1150. The fourth-order valence-electron chi connectivity index (χ4n) is 4.16. The van der Waals surface area contributed by atoms with E-state index in [0.717, 1.165) is 17.4 Å². The van der Waals surface area contributed by atoms with Gasteiger partial charge in [0, 0.05) is 25.6 Å². The summed E-state index contributed by atoms with van der Waals surface area (Å²) in [6.07, 6.45) is 3.30. The number of hydrogen-bond donors (Lipinski definition) is 1. The number of nitrogens with one attached hydrogen (secondary N) is 1. The monoisotopic (exact) mass is 461 g/mol. The quantitative estimate of drug-likeness (QED) is 0.555. The average Bonchev–Trinajstić information content (AvgIpc) is 2.72. The van der Waals surface area contributed by atoms with Crippen LogP contribution >= 0.6 is 11.8 Å². The van der Waals surface area contributed by atoms with Crippen molar-refractivity contribution in [2.75, 3.05) is 0 Å². The Labute approximate surface area is 193 Å². The molecule has 4 atom stereocenters. The predicted molar refractivity (Wildman–Crippen MR) is 128 cm³/mol. The van der Waals surface area contributed by atoms with Gasteiger partial charge in [0.2, 0.25) is 5.91 Å². The first-order valence-corrected chi connectivity index (χ1v) is 12.2. The van der Waals surface area contributed by atoms with Crippen molar-refractivity contribution in [3.63, 3.8) is 0 Å². The van der Waals surface area contributed by atoms with E-state index in [4.69, 9.17) is 0 Å². The lowest BCUT2D eigenvalue weighted by atomic mass is 9.78. The van der Waals surface area contributed by atoms with E-state index >= 15 is 0 Å². The van der Waals surface area contributed by atoms with E-state index < -0.39 is 16.5 Å². The maximum Gasteiger partial charge on any atom is 0.332 e. The minimum atomic E-state index is -0.452. The standard InChI is InChI=1S/C23H35N5O3S/c1-12-10-9-11-15(13(12)2)24-18(29)14(3)32-19-16-17(25-21(26-19)23(4,5)6)27(7)22(31)28(8)20(16)30/h12-15H,9-11H2,1-8H3,(H,24,29)/t12-,13+,14+,15-/m1/s1. The van der Waals surface area contributed by atoms with Crippen molar-refractivity contribution in [1.29, 1.82) is 0 Å². The summed E-state index contributed by atoms with van der Waals surface area (Å²) in [5, 5.41) is 3.47. The van der Waals surface area contributed by atoms with Crippen molar-refractivity contribution in [3.05, 3.63) is 26.7 Å². The molecule has 1 amide bonds. The van der Waals surface area contributed by atoms with E-state index in [2.05, 4.69) is 29.1 Å². The van der Waals surface area contributed by atoms with Crippen molar-refractivity contribution < 1.29 is 4.79 Å². The van der Waals surface area contributed by atoms with Crippen LogP contribution in [0.5, 0.6) is 0 Å². The molecule has 0 bridgehead atoms.